The van der Waals surface area contributed by atoms with Gasteiger partial charge in [-0.15, -0.1) is 0 Å². The van der Waals surface area contributed by atoms with Gasteiger partial charge in [-0.05, 0) is 6.92 Å². The van der Waals surface area contributed by atoms with Crippen LogP contribution in [0.4, 0.5) is 0 Å². The van der Waals surface area contributed by atoms with Crippen LogP contribution in [0.2, 0.25) is 0 Å². The largest absolute Gasteiger partial charge is 1.00 e. The van der Waals surface area contributed by atoms with Gasteiger partial charge in [0.25, 0.3) is 0 Å². The molecular weight excluding hydrogens is 119 g/mol. The first-order valence-corrected chi connectivity index (χ1v) is 2.05. The Morgan fingerprint density at radius 3 is 2.11 bits per heavy atom. The molecule has 4 nitrogen and oxygen atoms in total. The van der Waals surface area contributed by atoms with Crippen LogP contribution in [0, 0.1) is 0 Å². The van der Waals surface area contributed by atoms with Crippen LogP contribution in [0.25, 0.3) is 0 Å². The Balaban J connectivity index is 0. The van der Waals surface area contributed by atoms with Crippen LogP contribution >= 0.6 is 0 Å². The number of rotatable bonds is 2. The van der Waals surface area contributed by atoms with Gasteiger partial charge in [0.1, 0.15) is 5.60 Å². The Hall–Kier alpha value is -0.0126. The summed E-state index contributed by atoms with van der Waals surface area (Å²) in [5, 5.41) is 26.3. The second kappa shape index (κ2) is 3.91. The smallest absolute Gasteiger partial charge is 0.547 e. The first-order valence-electron chi connectivity index (χ1n) is 2.05. The van der Waals surface area contributed by atoms with E-state index in [-0.39, 0.29) is 18.9 Å². The summed E-state index contributed by atoms with van der Waals surface area (Å²) in [5.41, 5.74) is -2.10. The molecule has 0 aliphatic carbocycles. The van der Waals surface area contributed by atoms with E-state index >= 15 is 0 Å². The van der Waals surface area contributed by atoms with Gasteiger partial charge in [-0.3, -0.25) is 0 Å². The predicted octanol–water partition coefficient (Wildman–Crippen LogP) is -5.52. The molecule has 0 aromatic carbocycles. The van der Waals surface area contributed by atoms with Crippen molar-refractivity contribution in [3.63, 3.8) is 0 Å². The predicted molar refractivity (Wildman–Crippen MR) is 22.7 cm³/mol. The maximum atomic E-state index is 9.73. The molecular formula is C4H7LiO4. The van der Waals surface area contributed by atoms with Gasteiger partial charge in [-0.2, -0.15) is 0 Å². The maximum absolute atomic E-state index is 9.73. The molecule has 0 unspecified atom stereocenters. The molecule has 0 bridgehead atoms. The average molecular weight is 126 g/mol. The van der Waals surface area contributed by atoms with Crippen molar-refractivity contribution in [2.45, 2.75) is 12.5 Å². The minimum atomic E-state index is -2.10. The number of carboxylic acids is 1. The van der Waals surface area contributed by atoms with Gasteiger partial charge in [0.15, 0.2) is 0 Å². The Morgan fingerprint density at radius 1 is 1.78 bits per heavy atom. The zero-order chi connectivity index (χ0) is 6.78. The molecule has 0 saturated heterocycles. The molecule has 48 valence electrons. The number of aliphatic carboxylic acids is 1. The molecule has 0 amide bonds. The standard InChI is InChI=1S/C4H8O4.Li/c1-4(8,2-5)3(6)7;/h5,8H,2H2,1H3,(H,6,7);/q;+1/p-1/t4-;/m0./s1. The molecule has 9 heavy (non-hydrogen) atoms. The Labute approximate surface area is 64.7 Å². The average Bonchev–Trinajstić information content (AvgIpc) is 1.67. The summed E-state index contributed by atoms with van der Waals surface area (Å²) >= 11 is 0. The van der Waals surface area contributed by atoms with Gasteiger partial charge < -0.3 is 20.1 Å². The quantitative estimate of drug-likeness (QED) is 0.361. The minimum absolute atomic E-state index is 0. The summed E-state index contributed by atoms with van der Waals surface area (Å²) in [7, 11) is 0. The SMILES string of the molecule is C[C@](O)(CO)C(=O)[O-].[Li+]. The van der Waals surface area contributed by atoms with Crippen LogP contribution in [-0.4, -0.2) is 28.4 Å². The zero-order valence-corrected chi connectivity index (χ0v) is 5.42. The van der Waals surface area contributed by atoms with E-state index in [2.05, 4.69) is 0 Å². The fraction of sp³-hybridized carbons (Fsp3) is 0.750. The minimum Gasteiger partial charge on any atom is -0.547 e. The second-order valence-corrected chi connectivity index (χ2v) is 1.72. The van der Waals surface area contributed by atoms with Gasteiger partial charge in [0.05, 0.1) is 12.6 Å². The number of aliphatic hydroxyl groups is 2. The summed E-state index contributed by atoms with van der Waals surface area (Å²) in [6.07, 6.45) is 0. The molecule has 0 aromatic rings. The molecule has 1 atom stereocenters. The van der Waals surface area contributed by atoms with Gasteiger partial charge in [0.2, 0.25) is 0 Å². The number of carbonyl (C=O) groups is 1. The number of hydrogen-bond acceptors (Lipinski definition) is 4. The van der Waals surface area contributed by atoms with Crippen LogP contribution in [0.15, 0.2) is 0 Å². The van der Waals surface area contributed by atoms with Crippen molar-refractivity contribution in [2.75, 3.05) is 6.61 Å². The molecule has 5 heteroatoms. The van der Waals surface area contributed by atoms with Crippen LogP contribution in [0.1, 0.15) is 6.92 Å². The van der Waals surface area contributed by atoms with Gasteiger partial charge >= 0.3 is 18.9 Å². The Kier molecular flexibility index (Phi) is 5.10. The monoisotopic (exact) mass is 126 g/mol. The van der Waals surface area contributed by atoms with Gasteiger partial charge in [-0.1, -0.05) is 0 Å². The molecule has 0 rings (SSSR count). The molecule has 2 N–H and O–H groups in total. The van der Waals surface area contributed by atoms with Crippen molar-refractivity contribution in [1.29, 1.82) is 0 Å². The van der Waals surface area contributed by atoms with Crippen molar-refractivity contribution in [3.05, 3.63) is 0 Å². The molecule has 0 saturated carbocycles. The van der Waals surface area contributed by atoms with Crippen molar-refractivity contribution in [1.82, 2.24) is 0 Å². The molecule has 0 radical (unpaired) electrons. The van der Waals surface area contributed by atoms with Crippen molar-refractivity contribution < 1.29 is 39.0 Å². The zero-order valence-electron chi connectivity index (χ0n) is 5.42. The summed E-state index contributed by atoms with van der Waals surface area (Å²) in [6.45, 7) is 0.137. The Morgan fingerprint density at radius 2 is 2.11 bits per heavy atom. The van der Waals surface area contributed by atoms with E-state index in [1.807, 2.05) is 0 Å². The van der Waals surface area contributed by atoms with E-state index in [1.165, 1.54) is 0 Å². The first-order chi connectivity index (χ1) is 3.50. The summed E-state index contributed by atoms with van der Waals surface area (Å²) in [6, 6.07) is 0. The van der Waals surface area contributed by atoms with E-state index in [0.29, 0.717) is 0 Å². The topological polar surface area (TPSA) is 80.6 Å². The normalized spacial score (nSPS) is 15.4. The third-order valence-electron chi connectivity index (χ3n) is 0.748. The molecule has 0 spiro atoms. The van der Waals surface area contributed by atoms with Crippen LogP contribution in [-0.2, 0) is 4.79 Å². The van der Waals surface area contributed by atoms with E-state index in [4.69, 9.17) is 10.2 Å². The van der Waals surface area contributed by atoms with E-state index < -0.39 is 18.2 Å². The molecule has 0 aromatic heterocycles. The van der Waals surface area contributed by atoms with Crippen LogP contribution in [0.5, 0.6) is 0 Å². The van der Waals surface area contributed by atoms with Crippen LogP contribution < -0.4 is 24.0 Å². The number of carboxylic acid groups (broad SMARTS) is 1. The van der Waals surface area contributed by atoms with E-state index in [9.17, 15) is 9.90 Å². The first kappa shape index (κ1) is 11.7. The third-order valence-corrected chi connectivity index (χ3v) is 0.748. The number of carbonyl (C=O) groups excluding carboxylic acids is 1. The van der Waals surface area contributed by atoms with Crippen molar-refractivity contribution in [3.8, 4) is 0 Å². The van der Waals surface area contributed by atoms with E-state index in [1.54, 1.807) is 0 Å². The van der Waals surface area contributed by atoms with Gasteiger partial charge in [-0.25, -0.2) is 0 Å². The summed E-state index contributed by atoms with van der Waals surface area (Å²) in [5.74, 6) is -1.67. The fourth-order valence-corrected chi connectivity index (χ4v) is 0.0645. The maximum Gasteiger partial charge on any atom is 1.00 e. The summed E-state index contributed by atoms with van der Waals surface area (Å²) in [4.78, 5) is 9.73. The van der Waals surface area contributed by atoms with Gasteiger partial charge in [0, 0.05) is 0 Å². The Bertz CT molecular complexity index is 101. The van der Waals surface area contributed by atoms with Crippen molar-refractivity contribution in [2.24, 2.45) is 0 Å². The van der Waals surface area contributed by atoms with Crippen LogP contribution in [0.3, 0.4) is 0 Å². The molecule has 0 aliphatic rings. The van der Waals surface area contributed by atoms with Crippen molar-refractivity contribution >= 4 is 5.97 Å². The second-order valence-electron chi connectivity index (χ2n) is 1.72. The van der Waals surface area contributed by atoms with E-state index in [0.717, 1.165) is 6.92 Å². The number of aliphatic hydroxyl groups excluding tert-OH is 1. The fourth-order valence-electron chi connectivity index (χ4n) is 0.0645. The third kappa shape index (κ3) is 3.54. The molecule has 0 heterocycles. The molecule has 0 fully saturated rings. The molecule has 0 aliphatic heterocycles. The number of hydrogen-bond donors (Lipinski definition) is 2. The summed E-state index contributed by atoms with van der Waals surface area (Å²) < 4.78 is 0.